The van der Waals surface area contributed by atoms with E-state index in [1.54, 1.807) is 79.9 Å². The molecule has 0 aliphatic carbocycles. The number of ether oxygens (including phenoxy) is 4. The molecule has 162 valence electrons. The highest BCUT2D eigenvalue weighted by molar-refractivity contribution is 6.32. The summed E-state index contributed by atoms with van der Waals surface area (Å²) in [5.74, 6) is 1.33. The number of hydrogen-bond donors (Lipinski definition) is 0. The van der Waals surface area contributed by atoms with Gasteiger partial charge in [-0.25, -0.2) is 4.79 Å². The van der Waals surface area contributed by atoms with Gasteiger partial charge in [0.25, 0.3) is 0 Å². The minimum atomic E-state index is -0.559. The van der Waals surface area contributed by atoms with Crippen molar-refractivity contribution >= 4 is 29.2 Å². The zero-order chi connectivity index (χ0) is 22.9. The minimum absolute atomic E-state index is 0.275. The van der Waals surface area contributed by atoms with Crippen molar-refractivity contribution in [3.63, 3.8) is 0 Å². The van der Waals surface area contributed by atoms with E-state index in [0.717, 1.165) is 5.56 Å². The maximum atomic E-state index is 12.0. The number of halogens is 1. The number of allylic oxidation sites excluding steroid dienone is 1. The summed E-state index contributed by atoms with van der Waals surface area (Å²) in [6.07, 6.45) is 1.73. The number of benzene rings is 3. The smallest absolute Gasteiger partial charge is 0.349 e. The van der Waals surface area contributed by atoms with Gasteiger partial charge in [-0.15, -0.1) is 0 Å². The number of esters is 1. The lowest BCUT2D eigenvalue weighted by Gasteiger charge is -2.09. The summed E-state index contributed by atoms with van der Waals surface area (Å²) in [5.41, 5.74) is 1.91. The molecule has 0 fully saturated rings. The van der Waals surface area contributed by atoms with Gasteiger partial charge < -0.3 is 18.9 Å². The Labute approximate surface area is 191 Å². The SMILES string of the molecule is COc1ccc(/C(C#N)=C\c2ccc(OC(=O)COc3ccccc3Cl)cc2)cc1OC. The van der Waals surface area contributed by atoms with Crippen molar-refractivity contribution in [2.45, 2.75) is 0 Å². The molecule has 0 bridgehead atoms. The fourth-order valence-electron chi connectivity index (χ4n) is 2.84. The van der Waals surface area contributed by atoms with E-state index in [9.17, 15) is 10.1 Å². The molecular formula is C25H20ClNO5. The third-order valence-electron chi connectivity index (χ3n) is 4.42. The Bertz CT molecular complexity index is 1170. The molecule has 0 spiro atoms. The standard InChI is InChI=1S/C25H20ClNO5/c1-29-23-12-9-18(14-24(23)30-2)19(15-27)13-17-7-10-20(11-8-17)32-25(28)16-31-22-6-4-3-5-21(22)26/h3-14H,16H2,1-2H3/b19-13-. The van der Waals surface area contributed by atoms with Gasteiger partial charge in [0.2, 0.25) is 0 Å². The first-order valence-corrected chi connectivity index (χ1v) is 9.94. The van der Waals surface area contributed by atoms with Gasteiger partial charge in [0.05, 0.1) is 30.9 Å². The number of nitriles is 1. The highest BCUT2D eigenvalue weighted by Crippen LogP contribution is 2.31. The molecule has 0 saturated carbocycles. The van der Waals surface area contributed by atoms with Crippen molar-refractivity contribution in [2.24, 2.45) is 0 Å². The first-order chi connectivity index (χ1) is 15.5. The van der Waals surface area contributed by atoms with Crippen molar-refractivity contribution in [3.8, 4) is 29.1 Å². The molecule has 0 amide bonds. The van der Waals surface area contributed by atoms with Crippen LogP contribution in [-0.2, 0) is 4.79 Å². The largest absolute Gasteiger partial charge is 0.493 e. The first kappa shape index (κ1) is 22.7. The predicted octanol–water partition coefficient (Wildman–Crippen LogP) is 5.41. The molecule has 0 aliphatic rings. The van der Waals surface area contributed by atoms with E-state index in [-0.39, 0.29) is 6.61 Å². The zero-order valence-electron chi connectivity index (χ0n) is 17.5. The molecule has 0 heterocycles. The Morgan fingerprint density at radius 3 is 2.34 bits per heavy atom. The fourth-order valence-corrected chi connectivity index (χ4v) is 3.03. The van der Waals surface area contributed by atoms with Crippen LogP contribution in [0.5, 0.6) is 23.0 Å². The summed E-state index contributed by atoms with van der Waals surface area (Å²) < 4.78 is 21.2. The van der Waals surface area contributed by atoms with Crippen LogP contribution in [0.1, 0.15) is 11.1 Å². The molecule has 0 aliphatic heterocycles. The van der Waals surface area contributed by atoms with Crippen molar-refractivity contribution in [1.29, 1.82) is 5.26 Å². The van der Waals surface area contributed by atoms with Crippen LogP contribution in [0.25, 0.3) is 11.6 Å². The van der Waals surface area contributed by atoms with Crippen molar-refractivity contribution < 1.29 is 23.7 Å². The summed E-state index contributed by atoms with van der Waals surface area (Å²) >= 11 is 6.00. The van der Waals surface area contributed by atoms with E-state index in [1.807, 2.05) is 0 Å². The molecule has 0 aromatic heterocycles. The molecular weight excluding hydrogens is 430 g/mol. The number of carbonyl (C=O) groups is 1. The molecule has 32 heavy (non-hydrogen) atoms. The Balaban J connectivity index is 1.66. The lowest BCUT2D eigenvalue weighted by molar-refractivity contribution is -0.136. The van der Waals surface area contributed by atoms with Crippen LogP contribution in [-0.4, -0.2) is 26.8 Å². The average Bonchev–Trinajstić information content (AvgIpc) is 2.82. The molecule has 3 rings (SSSR count). The number of nitrogens with zero attached hydrogens (tertiary/aromatic N) is 1. The molecule has 0 unspecified atom stereocenters. The lowest BCUT2D eigenvalue weighted by Crippen LogP contribution is -2.17. The van der Waals surface area contributed by atoms with Crippen molar-refractivity contribution in [3.05, 3.63) is 82.9 Å². The second-order valence-electron chi connectivity index (χ2n) is 6.50. The number of hydrogen-bond acceptors (Lipinski definition) is 6. The molecule has 7 heteroatoms. The van der Waals surface area contributed by atoms with Gasteiger partial charge in [-0.05, 0) is 59.7 Å². The second-order valence-corrected chi connectivity index (χ2v) is 6.91. The van der Waals surface area contributed by atoms with E-state index in [4.69, 9.17) is 30.5 Å². The van der Waals surface area contributed by atoms with Gasteiger partial charge in [0.15, 0.2) is 18.1 Å². The highest BCUT2D eigenvalue weighted by atomic mass is 35.5. The van der Waals surface area contributed by atoms with Gasteiger partial charge >= 0.3 is 5.97 Å². The Morgan fingerprint density at radius 2 is 1.69 bits per heavy atom. The van der Waals surface area contributed by atoms with Gasteiger partial charge in [0.1, 0.15) is 11.5 Å². The van der Waals surface area contributed by atoms with Gasteiger partial charge in [-0.1, -0.05) is 35.9 Å². The monoisotopic (exact) mass is 449 g/mol. The van der Waals surface area contributed by atoms with Crippen LogP contribution in [0.2, 0.25) is 5.02 Å². The maximum absolute atomic E-state index is 12.0. The number of carbonyl (C=O) groups excluding carboxylic acids is 1. The maximum Gasteiger partial charge on any atom is 0.349 e. The molecule has 0 N–H and O–H groups in total. The summed E-state index contributed by atoms with van der Waals surface area (Å²) in [7, 11) is 3.09. The number of rotatable bonds is 8. The summed E-state index contributed by atoms with van der Waals surface area (Å²) in [6, 6.07) is 21.1. The first-order valence-electron chi connectivity index (χ1n) is 9.56. The van der Waals surface area contributed by atoms with Crippen LogP contribution in [0.3, 0.4) is 0 Å². The zero-order valence-corrected chi connectivity index (χ0v) is 18.3. The van der Waals surface area contributed by atoms with Crippen LogP contribution >= 0.6 is 11.6 Å². The topological polar surface area (TPSA) is 77.8 Å². The van der Waals surface area contributed by atoms with Crippen LogP contribution in [0.15, 0.2) is 66.7 Å². The predicted molar refractivity (Wildman–Crippen MR) is 122 cm³/mol. The molecule has 3 aromatic carbocycles. The normalized spacial score (nSPS) is 10.8. The molecule has 0 radical (unpaired) electrons. The molecule has 3 aromatic rings. The highest BCUT2D eigenvalue weighted by Gasteiger charge is 2.10. The summed E-state index contributed by atoms with van der Waals surface area (Å²) in [6.45, 7) is -0.275. The lowest BCUT2D eigenvalue weighted by atomic mass is 10.0. The third kappa shape index (κ3) is 5.81. The van der Waals surface area contributed by atoms with Crippen molar-refractivity contribution in [2.75, 3.05) is 20.8 Å². The van der Waals surface area contributed by atoms with E-state index in [2.05, 4.69) is 6.07 Å². The van der Waals surface area contributed by atoms with E-state index < -0.39 is 5.97 Å². The van der Waals surface area contributed by atoms with E-state index >= 15 is 0 Å². The Hall–Kier alpha value is -3.95. The van der Waals surface area contributed by atoms with Crippen LogP contribution in [0.4, 0.5) is 0 Å². The summed E-state index contributed by atoms with van der Waals surface area (Å²) in [5, 5.41) is 10.0. The molecule has 0 atom stereocenters. The minimum Gasteiger partial charge on any atom is -0.493 e. The number of para-hydroxylation sites is 1. The Kier molecular flexibility index (Phi) is 7.74. The Morgan fingerprint density at radius 1 is 0.969 bits per heavy atom. The summed E-state index contributed by atoms with van der Waals surface area (Å²) in [4.78, 5) is 12.0. The third-order valence-corrected chi connectivity index (χ3v) is 4.73. The average molecular weight is 450 g/mol. The van der Waals surface area contributed by atoms with Crippen LogP contribution in [0, 0.1) is 11.3 Å². The number of methoxy groups -OCH3 is 2. The fraction of sp³-hybridized carbons (Fsp3) is 0.120. The van der Waals surface area contributed by atoms with Gasteiger partial charge in [-0.3, -0.25) is 0 Å². The van der Waals surface area contributed by atoms with Gasteiger partial charge in [0, 0.05) is 0 Å². The molecule has 6 nitrogen and oxygen atoms in total. The molecule has 0 saturated heterocycles. The van der Waals surface area contributed by atoms with E-state index in [0.29, 0.717) is 39.2 Å². The van der Waals surface area contributed by atoms with E-state index in [1.165, 1.54) is 7.11 Å². The van der Waals surface area contributed by atoms with Crippen molar-refractivity contribution in [1.82, 2.24) is 0 Å². The quantitative estimate of drug-likeness (QED) is 0.198. The van der Waals surface area contributed by atoms with Gasteiger partial charge in [-0.2, -0.15) is 5.26 Å². The second kappa shape index (κ2) is 10.9. The van der Waals surface area contributed by atoms with Crippen LogP contribution < -0.4 is 18.9 Å².